The Balaban J connectivity index is 2.22. The highest BCUT2D eigenvalue weighted by Gasteiger charge is 2.06. The Morgan fingerprint density at radius 2 is 1.89 bits per heavy atom. The van der Waals surface area contributed by atoms with Crippen LogP contribution in [0.5, 0.6) is 0 Å². The van der Waals surface area contributed by atoms with E-state index in [-0.39, 0.29) is 18.0 Å². The van der Waals surface area contributed by atoms with E-state index in [9.17, 15) is 13.6 Å². The molecule has 1 aromatic carbocycles. The molecule has 1 aromatic rings. The van der Waals surface area contributed by atoms with Crippen molar-refractivity contribution >= 4 is 5.91 Å². The highest BCUT2D eigenvalue weighted by Crippen LogP contribution is 2.09. The lowest BCUT2D eigenvalue weighted by molar-refractivity contribution is -0.121. The van der Waals surface area contributed by atoms with E-state index in [2.05, 4.69) is 5.32 Å². The molecule has 0 aromatic heterocycles. The smallest absolute Gasteiger partial charge is 0.220 e. The van der Waals surface area contributed by atoms with Crippen molar-refractivity contribution in [3.8, 4) is 0 Å². The van der Waals surface area contributed by atoms with Crippen molar-refractivity contribution in [2.24, 2.45) is 5.73 Å². The predicted molar refractivity (Wildman–Crippen MR) is 70.3 cm³/mol. The number of nitrogens with one attached hydrogen (secondary N) is 1. The quantitative estimate of drug-likeness (QED) is 0.713. The zero-order chi connectivity index (χ0) is 14.1. The van der Waals surface area contributed by atoms with Crippen LogP contribution >= 0.6 is 0 Å². The molecule has 0 aliphatic heterocycles. The summed E-state index contributed by atoms with van der Waals surface area (Å²) in [6.07, 6.45) is 4.19. The van der Waals surface area contributed by atoms with Gasteiger partial charge in [-0.1, -0.05) is 18.9 Å². The minimum absolute atomic E-state index is 0.0910. The number of hydrogen-bond donors (Lipinski definition) is 2. The Morgan fingerprint density at radius 1 is 1.16 bits per heavy atom. The number of carbonyl (C=O) groups excluding carboxylic acids is 1. The van der Waals surface area contributed by atoms with Crippen LogP contribution in [0.2, 0.25) is 0 Å². The molecule has 0 unspecified atom stereocenters. The molecule has 0 saturated heterocycles. The molecule has 0 radical (unpaired) electrons. The number of carbonyl (C=O) groups is 1. The van der Waals surface area contributed by atoms with Gasteiger partial charge in [-0.15, -0.1) is 0 Å². The van der Waals surface area contributed by atoms with E-state index in [1.54, 1.807) is 0 Å². The summed E-state index contributed by atoms with van der Waals surface area (Å²) in [7, 11) is 0. The highest BCUT2D eigenvalue weighted by molar-refractivity contribution is 5.75. The molecule has 3 nitrogen and oxygen atoms in total. The van der Waals surface area contributed by atoms with Crippen LogP contribution < -0.4 is 11.1 Å². The molecule has 5 heteroatoms. The van der Waals surface area contributed by atoms with Crippen LogP contribution in [0.3, 0.4) is 0 Å². The van der Waals surface area contributed by atoms with Gasteiger partial charge in [0.2, 0.25) is 5.91 Å². The van der Waals surface area contributed by atoms with Crippen LogP contribution in [0, 0.1) is 11.6 Å². The van der Waals surface area contributed by atoms with Gasteiger partial charge in [-0.05, 0) is 25.5 Å². The zero-order valence-corrected chi connectivity index (χ0v) is 10.9. The summed E-state index contributed by atoms with van der Waals surface area (Å²) >= 11 is 0. The number of rotatable bonds is 8. The number of hydrogen-bond acceptors (Lipinski definition) is 2. The van der Waals surface area contributed by atoms with Gasteiger partial charge in [0, 0.05) is 24.6 Å². The molecule has 0 spiro atoms. The minimum Gasteiger partial charge on any atom is -0.352 e. The Labute approximate surface area is 112 Å². The van der Waals surface area contributed by atoms with E-state index in [1.165, 1.54) is 12.1 Å². The van der Waals surface area contributed by atoms with E-state index in [0.717, 1.165) is 31.7 Å². The number of unbranched alkanes of at least 4 members (excludes halogenated alkanes) is 3. The fourth-order valence-corrected chi connectivity index (χ4v) is 1.73. The summed E-state index contributed by atoms with van der Waals surface area (Å²) < 4.78 is 26.0. The number of halogens is 2. The Bertz CT molecular complexity index is 410. The van der Waals surface area contributed by atoms with E-state index in [4.69, 9.17) is 5.73 Å². The van der Waals surface area contributed by atoms with Gasteiger partial charge in [-0.2, -0.15) is 0 Å². The van der Waals surface area contributed by atoms with Gasteiger partial charge in [0.15, 0.2) is 0 Å². The third kappa shape index (κ3) is 6.29. The first-order chi connectivity index (χ1) is 9.13. The van der Waals surface area contributed by atoms with Crippen molar-refractivity contribution in [1.29, 1.82) is 0 Å². The van der Waals surface area contributed by atoms with Crippen LogP contribution in [0.15, 0.2) is 18.2 Å². The topological polar surface area (TPSA) is 55.1 Å². The lowest BCUT2D eigenvalue weighted by atomic mass is 10.1. The molecule has 3 N–H and O–H groups in total. The molecule has 0 bridgehead atoms. The summed E-state index contributed by atoms with van der Waals surface area (Å²) in [5.74, 6) is -1.37. The van der Waals surface area contributed by atoms with Gasteiger partial charge >= 0.3 is 0 Å². The zero-order valence-electron chi connectivity index (χ0n) is 10.9. The van der Waals surface area contributed by atoms with Crippen LogP contribution in [0.1, 0.15) is 37.7 Å². The van der Waals surface area contributed by atoms with Crippen LogP contribution in [-0.2, 0) is 11.3 Å². The summed E-state index contributed by atoms with van der Waals surface area (Å²) in [5, 5.41) is 2.62. The maximum absolute atomic E-state index is 13.3. The van der Waals surface area contributed by atoms with E-state index < -0.39 is 11.6 Å². The van der Waals surface area contributed by atoms with Crippen LogP contribution in [0.4, 0.5) is 8.78 Å². The minimum atomic E-state index is -0.636. The molecule has 1 amide bonds. The van der Waals surface area contributed by atoms with Gasteiger partial charge < -0.3 is 11.1 Å². The third-order valence-corrected chi connectivity index (χ3v) is 2.85. The standard InChI is InChI=1S/C14H20F2N2O/c15-12-7-6-11(13(16)9-12)10-18-14(19)5-3-1-2-4-8-17/h6-7,9H,1-5,8,10,17H2,(H,18,19). The SMILES string of the molecule is NCCCCCCC(=O)NCc1ccc(F)cc1F. The second kappa shape index (κ2) is 8.58. The lowest BCUT2D eigenvalue weighted by Crippen LogP contribution is -2.22. The molecule has 0 atom stereocenters. The number of benzene rings is 1. The molecule has 19 heavy (non-hydrogen) atoms. The lowest BCUT2D eigenvalue weighted by Gasteiger charge is -2.06. The first kappa shape index (κ1) is 15.6. The molecular weight excluding hydrogens is 250 g/mol. The Morgan fingerprint density at radius 3 is 2.58 bits per heavy atom. The van der Waals surface area contributed by atoms with Gasteiger partial charge in [0.1, 0.15) is 11.6 Å². The van der Waals surface area contributed by atoms with E-state index in [0.29, 0.717) is 13.0 Å². The fraction of sp³-hybridized carbons (Fsp3) is 0.500. The largest absolute Gasteiger partial charge is 0.352 e. The fourth-order valence-electron chi connectivity index (χ4n) is 1.73. The molecule has 0 aliphatic rings. The predicted octanol–water partition coefficient (Wildman–Crippen LogP) is 2.49. The van der Waals surface area contributed by atoms with Crippen molar-refractivity contribution < 1.29 is 13.6 Å². The second-order valence-electron chi connectivity index (χ2n) is 4.47. The third-order valence-electron chi connectivity index (χ3n) is 2.85. The molecule has 0 fully saturated rings. The van der Waals surface area contributed by atoms with Crippen LogP contribution in [0.25, 0.3) is 0 Å². The maximum atomic E-state index is 13.3. The van der Waals surface area contributed by atoms with Crippen molar-refractivity contribution in [3.63, 3.8) is 0 Å². The van der Waals surface area contributed by atoms with Gasteiger partial charge in [0.25, 0.3) is 0 Å². The Hall–Kier alpha value is -1.49. The summed E-state index contributed by atoms with van der Waals surface area (Å²) in [6.45, 7) is 0.768. The average molecular weight is 270 g/mol. The van der Waals surface area contributed by atoms with Gasteiger partial charge in [-0.25, -0.2) is 8.78 Å². The summed E-state index contributed by atoms with van der Waals surface area (Å²) in [6, 6.07) is 3.33. The number of amides is 1. The molecule has 0 heterocycles. The molecular formula is C14H20F2N2O. The molecule has 106 valence electrons. The van der Waals surface area contributed by atoms with Crippen molar-refractivity contribution in [2.75, 3.05) is 6.54 Å². The van der Waals surface area contributed by atoms with Gasteiger partial charge in [-0.3, -0.25) is 4.79 Å². The summed E-state index contributed by atoms with van der Waals surface area (Å²) in [4.78, 5) is 11.5. The van der Waals surface area contributed by atoms with Crippen molar-refractivity contribution in [1.82, 2.24) is 5.32 Å². The molecule has 0 aliphatic carbocycles. The monoisotopic (exact) mass is 270 g/mol. The second-order valence-corrected chi connectivity index (χ2v) is 4.47. The maximum Gasteiger partial charge on any atom is 0.220 e. The van der Waals surface area contributed by atoms with E-state index >= 15 is 0 Å². The highest BCUT2D eigenvalue weighted by atomic mass is 19.1. The molecule has 1 rings (SSSR count). The van der Waals surface area contributed by atoms with E-state index in [1.807, 2.05) is 0 Å². The summed E-state index contributed by atoms with van der Waals surface area (Å²) in [5.41, 5.74) is 5.66. The Kier molecular flexibility index (Phi) is 7.03. The first-order valence-electron chi connectivity index (χ1n) is 6.54. The van der Waals surface area contributed by atoms with Crippen molar-refractivity contribution in [3.05, 3.63) is 35.4 Å². The first-order valence-corrected chi connectivity index (χ1v) is 6.54. The molecule has 0 saturated carbocycles. The normalized spacial score (nSPS) is 10.5. The number of nitrogens with two attached hydrogens (primary N) is 1. The van der Waals surface area contributed by atoms with Gasteiger partial charge in [0.05, 0.1) is 0 Å². The average Bonchev–Trinajstić information content (AvgIpc) is 2.37. The van der Waals surface area contributed by atoms with Crippen molar-refractivity contribution in [2.45, 2.75) is 38.6 Å². The van der Waals surface area contributed by atoms with Crippen LogP contribution in [-0.4, -0.2) is 12.5 Å².